The molecule has 3 N–H and O–H groups in total. The molecule has 3 heterocycles. The molecule has 0 unspecified atom stereocenters. The molecule has 26 heavy (non-hydrogen) atoms. The molecule has 2 aromatic rings. The molecule has 1 aliphatic rings. The van der Waals surface area contributed by atoms with Gasteiger partial charge in [-0.3, -0.25) is 0 Å². The Kier molecular flexibility index (Phi) is 6.21. The number of rotatable bonds is 8. The van der Waals surface area contributed by atoms with E-state index in [1.807, 2.05) is 7.05 Å². The first kappa shape index (κ1) is 18.4. The highest BCUT2D eigenvalue weighted by atomic mass is 16.5. The Labute approximate surface area is 154 Å². The average molecular weight is 360 g/mol. The molecule has 142 valence electrons. The van der Waals surface area contributed by atoms with Gasteiger partial charge in [0.1, 0.15) is 11.0 Å². The van der Waals surface area contributed by atoms with Crippen molar-refractivity contribution in [3.63, 3.8) is 0 Å². The molecular weight excluding hydrogens is 332 g/mol. The summed E-state index contributed by atoms with van der Waals surface area (Å²) in [6.07, 6.45) is 2.01. The number of morpholine rings is 1. The first-order valence-electron chi connectivity index (χ1n) is 9.34. The summed E-state index contributed by atoms with van der Waals surface area (Å²) in [4.78, 5) is 20.9. The summed E-state index contributed by atoms with van der Waals surface area (Å²) in [5.41, 5.74) is 1.47. The van der Waals surface area contributed by atoms with Gasteiger partial charge in [0.15, 0.2) is 11.6 Å². The largest absolute Gasteiger partial charge is 0.378 e. The Morgan fingerprint density at radius 1 is 0.885 bits per heavy atom. The number of hydrogen-bond acceptors (Lipinski definition) is 9. The molecule has 1 fully saturated rings. The molecule has 2 aromatic heterocycles. The van der Waals surface area contributed by atoms with E-state index >= 15 is 0 Å². The maximum absolute atomic E-state index is 5.45. The summed E-state index contributed by atoms with van der Waals surface area (Å²) in [6, 6.07) is 0. The number of fused-ring (bicyclic) bond motifs is 1. The third kappa shape index (κ3) is 4.04. The standard InChI is InChI=1S/C17H28N8O/c1-4-6-19-14-13-12(21-16(18-3)23-14)15(20-7-5-2)24-17(22-13)25-8-10-26-11-9-25/h4-11H2,1-3H3,(H,20,22,24)(H2,18,19,21,23). The second-order valence-electron chi connectivity index (χ2n) is 6.17. The summed E-state index contributed by atoms with van der Waals surface area (Å²) >= 11 is 0. The molecule has 9 nitrogen and oxygen atoms in total. The van der Waals surface area contributed by atoms with Gasteiger partial charge in [-0.25, -0.2) is 9.97 Å². The molecule has 0 aromatic carbocycles. The van der Waals surface area contributed by atoms with Crippen LogP contribution in [0.4, 0.5) is 23.5 Å². The van der Waals surface area contributed by atoms with Gasteiger partial charge in [0.25, 0.3) is 0 Å². The van der Waals surface area contributed by atoms with Crippen molar-refractivity contribution in [2.45, 2.75) is 26.7 Å². The summed E-state index contributed by atoms with van der Waals surface area (Å²) < 4.78 is 5.45. The second kappa shape index (κ2) is 8.79. The van der Waals surface area contributed by atoms with Gasteiger partial charge < -0.3 is 25.6 Å². The Morgan fingerprint density at radius 3 is 2.12 bits per heavy atom. The van der Waals surface area contributed by atoms with Crippen molar-refractivity contribution in [3.05, 3.63) is 0 Å². The van der Waals surface area contributed by atoms with E-state index in [4.69, 9.17) is 14.7 Å². The summed E-state index contributed by atoms with van der Waals surface area (Å²) in [7, 11) is 1.81. The molecule has 0 atom stereocenters. The van der Waals surface area contributed by atoms with E-state index in [-0.39, 0.29) is 0 Å². The van der Waals surface area contributed by atoms with Gasteiger partial charge in [0.05, 0.1) is 13.2 Å². The number of anilines is 4. The molecule has 0 aliphatic carbocycles. The third-order valence-corrected chi connectivity index (χ3v) is 4.13. The summed E-state index contributed by atoms with van der Waals surface area (Å²) in [5.74, 6) is 2.73. The first-order valence-corrected chi connectivity index (χ1v) is 9.34. The molecule has 3 rings (SSSR count). The molecule has 0 amide bonds. The first-order chi connectivity index (χ1) is 12.8. The highest BCUT2D eigenvalue weighted by Gasteiger charge is 2.20. The van der Waals surface area contributed by atoms with E-state index in [1.54, 1.807) is 0 Å². The second-order valence-corrected chi connectivity index (χ2v) is 6.17. The Bertz CT molecular complexity index is 732. The van der Waals surface area contributed by atoms with Gasteiger partial charge in [0.2, 0.25) is 11.9 Å². The van der Waals surface area contributed by atoms with Crippen molar-refractivity contribution < 1.29 is 4.74 Å². The van der Waals surface area contributed by atoms with Gasteiger partial charge in [-0.2, -0.15) is 9.97 Å². The molecular formula is C17H28N8O. The predicted octanol–water partition coefficient (Wildman–Crippen LogP) is 1.94. The monoisotopic (exact) mass is 360 g/mol. The van der Waals surface area contributed by atoms with Crippen molar-refractivity contribution in [2.24, 2.45) is 0 Å². The maximum Gasteiger partial charge on any atom is 0.228 e. The van der Waals surface area contributed by atoms with E-state index in [0.717, 1.165) is 61.7 Å². The van der Waals surface area contributed by atoms with Crippen molar-refractivity contribution in [1.82, 2.24) is 19.9 Å². The van der Waals surface area contributed by atoms with Crippen LogP contribution in [-0.2, 0) is 4.74 Å². The zero-order valence-electron chi connectivity index (χ0n) is 15.8. The Balaban J connectivity index is 2.11. The number of nitrogens with one attached hydrogen (secondary N) is 3. The van der Waals surface area contributed by atoms with Crippen LogP contribution >= 0.6 is 0 Å². The zero-order chi connectivity index (χ0) is 18.4. The van der Waals surface area contributed by atoms with Crippen LogP contribution in [-0.4, -0.2) is 66.4 Å². The lowest BCUT2D eigenvalue weighted by Gasteiger charge is -2.27. The lowest BCUT2D eigenvalue weighted by atomic mass is 10.3. The van der Waals surface area contributed by atoms with E-state index in [1.165, 1.54) is 0 Å². The minimum absolute atomic E-state index is 0.554. The minimum Gasteiger partial charge on any atom is -0.378 e. The van der Waals surface area contributed by atoms with Gasteiger partial charge >= 0.3 is 0 Å². The van der Waals surface area contributed by atoms with Crippen molar-refractivity contribution in [3.8, 4) is 0 Å². The van der Waals surface area contributed by atoms with Gasteiger partial charge in [-0.05, 0) is 12.8 Å². The smallest absolute Gasteiger partial charge is 0.228 e. The fraction of sp³-hybridized carbons (Fsp3) is 0.647. The zero-order valence-corrected chi connectivity index (χ0v) is 15.8. The SMILES string of the molecule is CCCNc1nc(N2CCOCC2)nc2c(NCCC)nc(NC)nc12. The van der Waals surface area contributed by atoms with Gasteiger partial charge in [-0.1, -0.05) is 13.8 Å². The van der Waals surface area contributed by atoms with Crippen LogP contribution in [0.15, 0.2) is 0 Å². The number of hydrogen-bond donors (Lipinski definition) is 3. The van der Waals surface area contributed by atoms with Crippen LogP contribution in [0.1, 0.15) is 26.7 Å². The molecule has 0 saturated carbocycles. The molecule has 0 radical (unpaired) electrons. The van der Waals surface area contributed by atoms with Crippen LogP contribution < -0.4 is 20.9 Å². The van der Waals surface area contributed by atoms with E-state index < -0.39 is 0 Å². The van der Waals surface area contributed by atoms with E-state index in [2.05, 4.69) is 44.7 Å². The highest BCUT2D eigenvalue weighted by molar-refractivity contribution is 5.94. The fourth-order valence-corrected chi connectivity index (χ4v) is 2.75. The van der Waals surface area contributed by atoms with Crippen LogP contribution in [0.3, 0.4) is 0 Å². The Morgan fingerprint density at radius 2 is 1.50 bits per heavy atom. The fourth-order valence-electron chi connectivity index (χ4n) is 2.75. The topological polar surface area (TPSA) is 100 Å². The predicted molar refractivity (Wildman–Crippen MR) is 105 cm³/mol. The van der Waals surface area contributed by atoms with E-state index in [0.29, 0.717) is 25.1 Å². The highest BCUT2D eigenvalue weighted by Crippen LogP contribution is 2.28. The van der Waals surface area contributed by atoms with Crippen LogP contribution in [0.2, 0.25) is 0 Å². The molecule has 1 saturated heterocycles. The Hall–Kier alpha value is -2.42. The molecule has 1 aliphatic heterocycles. The lowest BCUT2D eigenvalue weighted by Crippen LogP contribution is -2.37. The third-order valence-electron chi connectivity index (χ3n) is 4.13. The van der Waals surface area contributed by atoms with Crippen molar-refractivity contribution in [1.29, 1.82) is 0 Å². The summed E-state index contributed by atoms with van der Waals surface area (Å²) in [5, 5.41) is 9.79. The number of nitrogens with zero attached hydrogens (tertiary/aromatic N) is 5. The lowest BCUT2D eigenvalue weighted by molar-refractivity contribution is 0.122. The van der Waals surface area contributed by atoms with Crippen LogP contribution in [0, 0.1) is 0 Å². The molecule has 9 heteroatoms. The molecule has 0 bridgehead atoms. The van der Waals surface area contributed by atoms with Gasteiger partial charge in [0, 0.05) is 33.2 Å². The van der Waals surface area contributed by atoms with Gasteiger partial charge in [-0.15, -0.1) is 0 Å². The van der Waals surface area contributed by atoms with Crippen LogP contribution in [0.25, 0.3) is 11.0 Å². The minimum atomic E-state index is 0.554. The summed E-state index contributed by atoms with van der Waals surface area (Å²) in [6.45, 7) is 8.84. The average Bonchev–Trinajstić information content (AvgIpc) is 2.70. The van der Waals surface area contributed by atoms with Crippen LogP contribution in [0.5, 0.6) is 0 Å². The van der Waals surface area contributed by atoms with E-state index in [9.17, 15) is 0 Å². The number of ether oxygens (including phenoxy) is 1. The van der Waals surface area contributed by atoms with Crippen molar-refractivity contribution >= 4 is 34.6 Å². The quantitative estimate of drug-likeness (QED) is 0.652. The maximum atomic E-state index is 5.45. The molecule has 0 spiro atoms. The normalized spacial score (nSPS) is 14.5. The van der Waals surface area contributed by atoms with Crippen molar-refractivity contribution in [2.75, 3.05) is 67.3 Å². The number of aromatic nitrogens is 4.